The molecule has 0 aliphatic carbocycles. The second kappa shape index (κ2) is 9.84. The number of carbonyl (C=O) groups is 2. The van der Waals surface area contributed by atoms with Gasteiger partial charge in [-0.1, -0.05) is 25.1 Å². The Morgan fingerprint density at radius 2 is 1.96 bits per heavy atom. The van der Waals surface area contributed by atoms with E-state index in [9.17, 15) is 9.59 Å². The van der Waals surface area contributed by atoms with Crippen molar-refractivity contribution in [3.8, 4) is 5.75 Å². The second-order valence-electron chi connectivity index (χ2n) is 5.53. The van der Waals surface area contributed by atoms with Crippen LogP contribution in [-0.4, -0.2) is 55.8 Å². The molecule has 0 aliphatic rings. The first-order chi connectivity index (χ1) is 11.0. The summed E-state index contributed by atoms with van der Waals surface area (Å²) >= 11 is 0. The lowest BCUT2D eigenvalue weighted by atomic mass is 9.97. The fourth-order valence-electron chi connectivity index (χ4n) is 2.40. The highest BCUT2D eigenvalue weighted by Crippen LogP contribution is 2.22. The zero-order valence-corrected chi connectivity index (χ0v) is 13.9. The highest BCUT2D eigenvalue weighted by atomic mass is 16.5. The molecular weight excluding hydrogens is 298 g/mol. The van der Waals surface area contributed by atoms with E-state index in [4.69, 9.17) is 14.6 Å². The summed E-state index contributed by atoms with van der Waals surface area (Å²) < 4.78 is 10.2. The van der Waals surface area contributed by atoms with Crippen LogP contribution in [0.4, 0.5) is 0 Å². The number of para-hydroxylation sites is 1. The van der Waals surface area contributed by atoms with Gasteiger partial charge in [0.15, 0.2) is 0 Å². The minimum atomic E-state index is -1.02. The van der Waals surface area contributed by atoms with Crippen molar-refractivity contribution in [1.29, 1.82) is 0 Å². The number of hydrogen-bond acceptors (Lipinski definition) is 4. The minimum Gasteiger partial charge on any atom is -0.496 e. The average Bonchev–Trinajstić information content (AvgIpc) is 2.51. The first-order valence-electron chi connectivity index (χ1n) is 7.58. The molecule has 1 unspecified atom stereocenters. The van der Waals surface area contributed by atoms with E-state index in [2.05, 4.69) is 0 Å². The number of carboxylic acid groups (broad SMARTS) is 1. The molecule has 23 heavy (non-hydrogen) atoms. The predicted molar refractivity (Wildman–Crippen MR) is 86.6 cm³/mol. The van der Waals surface area contributed by atoms with Crippen LogP contribution >= 0.6 is 0 Å². The molecule has 0 heterocycles. The molecule has 0 radical (unpaired) electrons. The van der Waals surface area contributed by atoms with Crippen molar-refractivity contribution < 1.29 is 24.2 Å². The molecular formula is C17H25NO5. The number of nitrogens with zero attached hydrogens (tertiary/aromatic N) is 1. The summed E-state index contributed by atoms with van der Waals surface area (Å²) in [4.78, 5) is 24.5. The van der Waals surface area contributed by atoms with E-state index in [-0.39, 0.29) is 31.3 Å². The van der Waals surface area contributed by atoms with Crippen molar-refractivity contribution in [2.75, 3.05) is 33.9 Å². The maximum absolute atomic E-state index is 12.3. The summed E-state index contributed by atoms with van der Waals surface area (Å²) in [6, 6.07) is 7.69. The molecule has 0 bridgehead atoms. The molecule has 0 fully saturated rings. The molecule has 0 aromatic heterocycles. The van der Waals surface area contributed by atoms with Gasteiger partial charge in [0.2, 0.25) is 5.91 Å². The van der Waals surface area contributed by atoms with E-state index in [1.165, 1.54) is 12.0 Å². The van der Waals surface area contributed by atoms with Gasteiger partial charge in [0, 0.05) is 20.1 Å². The topological polar surface area (TPSA) is 76.1 Å². The number of hydrogen-bond donors (Lipinski definition) is 1. The Hall–Kier alpha value is -2.08. The third-order valence-corrected chi connectivity index (χ3v) is 3.53. The summed E-state index contributed by atoms with van der Waals surface area (Å²) in [5.74, 6) is -0.315. The molecule has 128 valence electrons. The number of benzene rings is 1. The SMILES string of the molecule is COCCN(CC(=O)O)C(=O)CC(C)Cc1ccccc1OC. The number of methoxy groups -OCH3 is 2. The van der Waals surface area contributed by atoms with Crippen LogP contribution in [0.5, 0.6) is 5.75 Å². The molecule has 1 N–H and O–H groups in total. The van der Waals surface area contributed by atoms with Gasteiger partial charge in [-0.25, -0.2) is 0 Å². The number of rotatable bonds is 10. The van der Waals surface area contributed by atoms with Gasteiger partial charge in [0.05, 0.1) is 13.7 Å². The Bertz CT molecular complexity index is 517. The van der Waals surface area contributed by atoms with Crippen LogP contribution in [-0.2, 0) is 20.7 Å². The zero-order chi connectivity index (χ0) is 17.2. The lowest BCUT2D eigenvalue weighted by Crippen LogP contribution is -2.38. The standard InChI is InChI=1S/C17H25NO5/c1-13(10-14-6-4-5-7-15(14)23-3)11-16(19)18(8-9-22-2)12-17(20)21/h4-7,13H,8-12H2,1-3H3,(H,20,21). The highest BCUT2D eigenvalue weighted by molar-refractivity contribution is 5.81. The first kappa shape index (κ1) is 19.0. The fourth-order valence-corrected chi connectivity index (χ4v) is 2.40. The van der Waals surface area contributed by atoms with Crippen LogP contribution < -0.4 is 4.74 Å². The van der Waals surface area contributed by atoms with Gasteiger partial charge in [0.25, 0.3) is 0 Å². The van der Waals surface area contributed by atoms with Crippen molar-refractivity contribution in [1.82, 2.24) is 4.90 Å². The van der Waals surface area contributed by atoms with Crippen LogP contribution in [0.1, 0.15) is 18.9 Å². The normalized spacial score (nSPS) is 11.8. The van der Waals surface area contributed by atoms with E-state index in [1.807, 2.05) is 31.2 Å². The number of carbonyl (C=O) groups excluding carboxylic acids is 1. The molecule has 0 spiro atoms. The fraction of sp³-hybridized carbons (Fsp3) is 0.529. The summed E-state index contributed by atoms with van der Waals surface area (Å²) in [5, 5.41) is 8.92. The van der Waals surface area contributed by atoms with E-state index < -0.39 is 5.97 Å². The van der Waals surface area contributed by atoms with E-state index in [0.717, 1.165) is 11.3 Å². The lowest BCUT2D eigenvalue weighted by molar-refractivity contribution is -0.145. The summed E-state index contributed by atoms with van der Waals surface area (Å²) in [5.41, 5.74) is 1.04. The van der Waals surface area contributed by atoms with Gasteiger partial charge >= 0.3 is 5.97 Å². The lowest BCUT2D eigenvalue weighted by Gasteiger charge is -2.22. The maximum Gasteiger partial charge on any atom is 0.323 e. The van der Waals surface area contributed by atoms with Crippen LogP contribution in [0, 0.1) is 5.92 Å². The Morgan fingerprint density at radius 1 is 1.26 bits per heavy atom. The summed E-state index contributed by atoms with van der Waals surface area (Å²) in [7, 11) is 3.14. The Morgan fingerprint density at radius 3 is 2.57 bits per heavy atom. The van der Waals surface area contributed by atoms with Gasteiger partial charge in [-0.2, -0.15) is 0 Å². The largest absolute Gasteiger partial charge is 0.496 e. The third-order valence-electron chi connectivity index (χ3n) is 3.53. The highest BCUT2D eigenvalue weighted by Gasteiger charge is 2.19. The minimum absolute atomic E-state index is 0.0811. The van der Waals surface area contributed by atoms with Crippen molar-refractivity contribution in [2.45, 2.75) is 19.8 Å². The average molecular weight is 323 g/mol. The molecule has 6 heteroatoms. The Balaban J connectivity index is 2.64. The molecule has 1 aromatic rings. The molecule has 1 atom stereocenters. The van der Waals surface area contributed by atoms with Gasteiger partial charge < -0.3 is 19.5 Å². The first-order valence-corrected chi connectivity index (χ1v) is 7.58. The van der Waals surface area contributed by atoms with E-state index in [0.29, 0.717) is 13.0 Å². The van der Waals surface area contributed by atoms with Crippen molar-refractivity contribution in [3.63, 3.8) is 0 Å². The number of ether oxygens (including phenoxy) is 2. The second-order valence-corrected chi connectivity index (χ2v) is 5.53. The molecule has 1 aromatic carbocycles. The van der Waals surface area contributed by atoms with Gasteiger partial charge in [-0.15, -0.1) is 0 Å². The predicted octanol–water partition coefficient (Wildman–Crippen LogP) is 1.82. The van der Waals surface area contributed by atoms with Crippen LogP contribution in [0.25, 0.3) is 0 Å². The zero-order valence-electron chi connectivity index (χ0n) is 13.9. The summed E-state index contributed by atoms with van der Waals surface area (Å²) in [6.07, 6.45) is 0.982. The molecule has 1 amide bonds. The monoisotopic (exact) mass is 323 g/mol. The Kier molecular flexibility index (Phi) is 8.11. The molecule has 6 nitrogen and oxygen atoms in total. The molecule has 0 saturated heterocycles. The maximum atomic E-state index is 12.3. The smallest absolute Gasteiger partial charge is 0.323 e. The van der Waals surface area contributed by atoms with Gasteiger partial charge in [-0.05, 0) is 24.0 Å². The molecule has 0 saturated carbocycles. The van der Waals surface area contributed by atoms with E-state index >= 15 is 0 Å². The summed E-state index contributed by atoms with van der Waals surface area (Å²) in [6.45, 7) is 2.27. The van der Waals surface area contributed by atoms with Crippen LogP contribution in [0.15, 0.2) is 24.3 Å². The van der Waals surface area contributed by atoms with Crippen molar-refractivity contribution in [3.05, 3.63) is 29.8 Å². The number of carboxylic acids is 1. The molecule has 1 rings (SSSR count). The number of amides is 1. The quantitative estimate of drug-likeness (QED) is 0.711. The van der Waals surface area contributed by atoms with Crippen LogP contribution in [0.3, 0.4) is 0 Å². The number of aliphatic carboxylic acids is 1. The van der Waals surface area contributed by atoms with Crippen LogP contribution in [0.2, 0.25) is 0 Å². The van der Waals surface area contributed by atoms with Gasteiger partial charge in [0.1, 0.15) is 12.3 Å². The van der Waals surface area contributed by atoms with Crippen molar-refractivity contribution in [2.24, 2.45) is 5.92 Å². The van der Waals surface area contributed by atoms with Crippen molar-refractivity contribution >= 4 is 11.9 Å². The third kappa shape index (κ3) is 6.69. The van der Waals surface area contributed by atoms with Gasteiger partial charge in [-0.3, -0.25) is 9.59 Å². The Labute approximate surface area is 137 Å². The van der Waals surface area contributed by atoms with E-state index in [1.54, 1.807) is 7.11 Å². The molecule has 0 aliphatic heterocycles.